The predicted molar refractivity (Wildman–Crippen MR) is 60.3 cm³/mol. The van der Waals surface area contributed by atoms with Crippen molar-refractivity contribution in [3.63, 3.8) is 0 Å². The van der Waals surface area contributed by atoms with Gasteiger partial charge >= 0.3 is 0 Å². The molecule has 0 aliphatic heterocycles. The molecule has 84 valence electrons. The van der Waals surface area contributed by atoms with Crippen molar-refractivity contribution in [1.29, 1.82) is 0 Å². The Morgan fingerprint density at radius 1 is 1.33 bits per heavy atom. The minimum atomic E-state index is -0.512. The molecule has 1 aromatic carbocycles. The van der Waals surface area contributed by atoms with Gasteiger partial charge in [-0.25, -0.2) is 4.39 Å². The van der Waals surface area contributed by atoms with Crippen molar-refractivity contribution in [1.82, 2.24) is 0 Å². The van der Waals surface area contributed by atoms with E-state index < -0.39 is 6.67 Å². The molecule has 1 unspecified atom stereocenters. The van der Waals surface area contributed by atoms with Crippen molar-refractivity contribution >= 4 is 5.69 Å². The largest absolute Gasteiger partial charge is 0.399 e. The standard InChI is InChI=1S/C12H18FNO/c1-2-3-12(15)7-9-4-10(8-13)6-11(14)5-9/h4-6,12,15H,2-3,7-8,14H2,1H3. The smallest absolute Gasteiger partial charge is 0.115 e. The van der Waals surface area contributed by atoms with Crippen LogP contribution in [0.2, 0.25) is 0 Å². The Hall–Kier alpha value is -1.09. The van der Waals surface area contributed by atoms with Crippen molar-refractivity contribution in [2.24, 2.45) is 0 Å². The van der Waals surface area contributed by atoms with Crippen LogP contribution in [0.15, 0.2) is 18.2 Å². The van der Waals surface area contributed by atoms with E-state index in [0.29, 0.717) is 17.7 Å². The van der Waals surface area contributed by atoms with Gasteiger partial charge in [0.2, 0.25) is 0 Å². The Morgan fingerprint density at radius 2 is 2.00 bits per heavy atom. The van der Waals surface area contributed by atoms with Gasteiger partial charge in [0.25, 0.3) is 0 Å². The van der Waals surface area contributed by atoms with Crippen molar-refractivity contribution in [2.75, 3.05) is 5.73 Å². The number of hydrogen-bond acceptors (Lipinski definition) is 2. The van der Waals surface area contributed by atoms with Crippen molar-refractivity contribution < 1.29 is 9.50 Å². The van der Waals surface area contributed by atoms with E-state index in [1.165, 1.54) is 0 Å². The quantitative estimate of drug-likeness (QED) is 0.735. The third-order valence-electron chi connectivity index (χ3n) is 2.32. The Balaban J connectivity index is 2.71. The summed E-state index contributed by atoms with van der Waals surface area (Å²) < 4.78 is 12.5. The van der Waals surface area contributed by atoms with Gasteiger partial charge in [0, 0.05) is 5.69 Å². The highest BCUT2D eigenvalue weighted by Crippen LogP contribution is 2.15. The number of alkyl halides is 1. The first-order chi connectivity index (χ1) is 7.15. The summed E-state index contributed by atoms with van der Waals surface area (Å²) in [6.45, 7) is 1.51. The van der Waals surface area contributed by atoms with E-state index in [1.807, 2.05) is 6.92 Å². The third-order valence-corrected chi connectivity index (χ3v) is 2.32. The highest BCUT2D eigenvalue weighted by atomic mass is 19.1. The maximum atomic E-state index is 12.5. The lowest BCUT2D eigenvalue weighted by Gasteiger charge is -2.10. The van der Waals surface area contributed by atoms with E-state index >= 15 is 0 Å². The van der Waals surface area contributed by atoms with Crippen LogP contribution in [-0.2, 0) is 13.1 Å². The molecule has 0 spiro atoms. The number of halogens is 1. The van der Waals surface area contributed by atoms with Gasteiger partial charge in [0.05, 0.1) is 6.10 Å². The first kappa shape index (κ1) is 12.0. The molecule has 0 fully saturated rings. The van der Waals surface area contributed by atoms with Gasteiger partial charge in [-0.15, -0.1) is 0 Å². The molecule has 2 nitrogen and oxygen atoms in total. The van der Waals surface area contributed by atoms with Gasteiger partial charge < -0.3 is 10.8 Å². The van der Waals surface area contributed by atoms with Gasteiger partial charge in [-0.3, -0.25) is 0 Å². The van der Waals surface area contributed by atoms with E-state index in [9.17, 15) is 9.50 Å². The Kier molecular flexibility index (Phi) is 4.56. The summed E-state index contributed by atoms with van der Waals surface area (Å²) >= 11 is 0. The molecule has 1 aromatic rings. The molecule has 1 atom stereocenters. The summed E-state index contributed by atoms with van der Waals surface area (Å²) in [6.07, 6.45) is 1.90. The van der Waals surface area contributed by atoms with Crippen LogP contribution >= 0.6 is 0 Å². The second-order valence-corrected chi connectivity index (χ2v) is 3.86. The molecule has 0 heterocycles. The number of nitrogen functional groups attached to an aromatic ring is 1. The SMILES string of the molecule is CCCC(O)Cc1cc(N)cc(CF)c1. The maximum Gasteiger partial charge on any atom is 0.115 e. The number of aliphatic hydroxyl groups excluding tert-OH is 1. The lowest BCUT2D eigenvalue weighted by atomic mass is 10.0. The number of benzene rings is 1. The van der Waals surface area contributed by atoms with Crippen molar-refractivity contribution in [2.45, 2.75) is 39.0 Å². The number of aliphatic hydroxyl groups is 1. The van der Waals surface area contributed by atoms with Crippen LogP contribution in [0.25, 0.3) is 0 Å². The fourth-order valence-electron chi connectivity index (χ4n) is 1.69. The second kappa shape index (κ2) is 5.71. The minimum absolute atomic E-state index is 0.357. The van der Waals surface area contributed by atoms with E-state index in [2.05, 4.69) is 0 Å². The normalized spacial score (nSPS) is 12.7. The van der Waals surface area contributed by atoms with Crippen LogP contribution in [-0.4, -0.2) is 11.2 Å². The lowest BCUT2D eigenvalue weighted by Crippen LogP contribution is -2.10. The van der Waals surface area contributed by atoms with Crippen LogP contribution in [0.4, 0.5) is 10.1 Å². The van der Waals surface area contributed by atoms with Gasteiger partial charge in [0.1, 0.15) is 6.67 Å². The van der Waals surface area contributed by atoms with Crippen LogP contribution in [0.3, 0.4) is 0 Å². The molecule has 0 aliphatic carbocycles. The van der Waals surface area contributed by atoms with Crippen LogP contribution in [0.5, 0.6) is 0 Å². The zero-order valence-corrected chi connectivity index (χ0v) is 9.04. The Bertz CT molecular complexity index is 314. The average Bonchev–Trinajstić information content (AvgIpc) is 2.17. The second-order valence-electron chi connectivity index (χ2n) is 3.86. The molecule has 0 aromatic heterocycles. The molecule has 3 heteroatoms. The van der Waals surface area contributed by atoms with Gasteiger partial charge in [0.15, 0.2) is 0 Å². The van der Waals surface area contributed by atoms with Crippen molar-refractivity contribution in [3.8, 4) is 0 Å². The molecule has 15 heavy (non-hydrogen) atoms. The summed E-state index contributed by atoms with van der Waals surface area (Å²) in [6, 6.07) is 5.17. The van der Waals surface area contributed by atoms with Gasteiger partial charge in [-0.2, -0.15) is 0 Å². The molecule has 0 radical (unpaired) electrons. The summed E-state index contributed by atoms with van der Waals surface area (Å²) in [4.78, 5) is 0. The maximum absolute atomic E-state index is 12.5. The predicted octanol–water partition coefficient (Wildman–Crippen LogP) is 2.44. The fourth-order valence-corrected chi connectivity index (χ4v) is 1.69. The fraction of sp³-hybridized carbons (Fsp3) is 0.500. The number of anilines is 1. The molecule has 0 aliphatic rings. The monoisotopic (exact) mass is 211 g/mol. The molecular formula is C12H18FNO. The topological polar surface area (TPSA) is 46.2 Å². The molecular weight excluding hydrogens is 193 g/mol. The number of nitrogens with two attached hydrogens (primary N) is 1. The summed E-state index contributed by atoms with van der Waals surface area (Å²) in [5, 5.41) is 9.62. The Morgan fingerprint density at radius 3 is 2.60 bits per heavy atom. The molecule has 0 saturated heterocycles. The highest BCUT2D eigenvalue weighted by Gasteiger charge is 2.06. The first-order valence-corrected chi connectivity index (χ1v) is 5.28. The van der Waals surface area contributed by atoms with E-state index in [0.717, 1.165) is 18.4 Å². The van der Waals surface area contributed by atoms with Crippen molar-refractivity contribution in [3.05, 3.63) is 29.3 Å². The number of rotatable bonds is 5. The molecule has 3 N–H and O–H groups in total. The van der Waals surface area contributed by atoms with E-state index in [4.69, 9.17) is 5.73 Å². The molecule has 1 rings (SSSR count). The summed E-state index contributed by atoms with van der Waals surface area (Å²) in [5.74, 6) is 0. The zero-order chi connectivity index (χ0) is 11.3. The zero-order valence-electron chi connectivity index (χ0n) is 9.04. The lowest BCUT2D eigenvalue weighted by molar-refractivity contribution is 0.164. The number of hydrogen-bond donors (Lipinski definition) is 2. The van der Waals surface area contributed by atoms with Crippen LogP contribution < -0.4 is 5.73 Å². The molecule has 0 bridgehead atoms. The van der Waals surface area contributed by atoms with E-state index in [-0.39, 0.29) is 6.10 Å². The minimum Gasteiger partial charge on any atom is -0.399 e. The summed E-state index contributed by atoms with van der Waals surface area (Å²) in [7, 11) is 0. The van der Waals surface area contributed by atoms with Gasteiger partial charge in [-0.1, -0.05) is 19.4 Å². The van der Waals surface area contributed by atoms with Crippen LogP contribution in [0.1, 0.15) is 30.9 Å². The first-order valence-electron chi connectivity index (χ1n) is 5.28. The molecule has 0 amide bonds. The van der Waals surface area contributed by atoms with E-state index in [1.54, 1.807) is 18.2 Å². The Labute approximate surface area is 89.9 Å². The highest BCUT2D eigenvalue weighted by molar-refractivity contribution is 5.44. The molecule has 0 saturated carbocycles. The third kappa shape index (κ3) is 3.88. The summed E-state index contributed by atoms with van der Waals surface area (Å²) in [5.41, 5.74) is 7.68. The average molecular weight is 211 g/mol. The van der Waals surface area contributed by atoms with Gasteiger partial charge in [-0.05, 0) is 36.1 Å². The van der Waals surface area contributed by atoms with Crippen LogP contribution in [0, 0.1) is 0 Å².